The van der Waals surface area contributed by atoms with Crippen LogP contribution in [0.2, 0.25) is 0 Å². The van der Waals surface area contributed by atoms with E-state index in [9.17, 15) is 4.79 Å². The van der Waals surface area contributed by atoms with Crippen LogP contribution in [0, 0.1) is 5.92 Å². The van der Waals surface area contributed by atoms with Crippen LogP contribution in [0.1, 0.15) is 50.2 Å². The standard InChI is InChI=1S/C17H26N2O/c1-2-13-7-3-4-9-15(13)12-19-17(20)11-14-8-5-6-10-16(14)18/h3-4,7,9,14,16H,2,5-6,8,10-12,18H2,1H3,(H,19,20). The number of amides is 1. The van der Waals surface area contributed by atoms with Crippen LogP contribution in [0.15, 0.2) is 24.3 Å². The van der Waals surface area contributed by atoms with E-state index in [0.29, 0.717) is 18.9 Å². The van der Waals surface area contributed by atoms with Crippen molar-refractivity contribution >= 4 is 5.91 Å². The maximum Gasteiger partial charge on any atom is 0.220 e. The molecule has 3 heteroatoms. The molecule has 3 N–H and O–H groups in total. The Morgan fingerprint density at radius 3 is 2.65 bits per heavy atom. The van der Waals surface area contributed by atoms with Gasteiger partial charge in [-0.1, -0.05) is 44.0 Å². The third-order valence-corrected chi connectivity index (χ3v) is 4.39. The van der Waals surface area contributed by atoms with Crippen LogP contribution in [0.3, 0.4) is 0 Å². The zero-order valence-electron chi connectivity index (χ0n) is 12.4. The summed E-state index contributed by atoms with van der Waals surface area (Å²) in [6, 6.07) is 8.49. The summed E-state index contributed by atoms with van der Waals surface area (Å²) in [7, 11) is 0. The van der Waals surface area contributed by atoms with E-state index >= 15 is 0 Å². The van der Waals surface area contributed by atoms with Gasteiger partial charge in [-0.25, -0.2) is 0 Å². The van der Waals surface area contributed by atoms with E-state index in [0.717, 1.165) is 19.3 Å². The first kappa shape index (κ1) is 15.0. The quantitative estimate of drug-likeness (QED) is 0.867. The molecule has 2 rings (SSSR count). The summed E-state index contributed by atoms with van der Waals surface area (Å²) in [5.74, 6) is 0.503. The molecule has 0 bridgehead atoms. The van der Waals surface area contributed by atoms with E-state index in [1.54, 1.807) is 0 Å². The number of carbonyl (C=O) groups excluding carboxylic acids is 1. The summed E-state index contributed by atoms with van der Waals surface area (Å²) >= 11 is 0. The van der Waals surface area contributed by atoms with Gasteiger partial charge in [0.15, 0.2) is 0 Å². The highest BCUT2D eigenvalue weighted by atomic mass is 16.1. The predicted octanol–water partition coefficient (Wildman–Crippen LogP) is 2.77. The van der Waals surface area contributed by atoms with Crippen LogP contribution in [0.5, 0.6) is 0 Å². The van der Waals surface area contributed by atoms with Crippen LogP contribution >= 0.6 is 0 Å². The van der Waals surface area contributed by atoms with Gasteiger partial charge in [0.2, 0.25) is 5.91 Å². The zero-order chi connectivity index (χ0) is 14.4. The zero-order valence-corrected chi connectivity index (χ0v) is 12.4. The first-order valence-corrected chi connectivity index (χ1v) is 7.79. The Morgan fingerprint density at radius 2 is 1.95 bits per heavy atom. The number of benzene rings is 1. The lowest BCUT2D eigenvalue weighted by Gasteiger charge is -2.28. The Morgan fingerprint density at radius 1 is 1.25 bits per heavy atom. The van der Waals surface area contributed by atoms with Gasteiger partial charge in [-0.15, -0.1) is 0 Å². The van der Waals surface area contributed by atoms with Crippen molar-refractivity contribution in [3.05, 3.63) is 35.4 Å². The molecule has 1 amide bonds. The lowest BCUT2D eigenvalue weighted by atomic mass is 9.83. The number of nitrogens with two attached hydrogens (primary N) is 1. The van der Waals surface area contributed by atoms with Crippen molar-refractivity contribution in [3.8, 4) is 0 Å². The molecule has 2 unspecified atom stereocenters. The molecular formula is C17H26N2O. The third kappa shape index (κ3) is 4.07. The first-order chi connectivity index (χ1) is 9.70. The fraction of sp³-hybridized carbons (Fsp3) is 0.588. The van der Waals surface area contributed by atoms with E-state index in [1.165, 1.54) is 24.0 Å². The van der Waals surface area contributed by atoms with Crippen LogP contribution < -0.4 is 11.1 Å². The predicted molar refractivity (Wildman–Crippen MR) is 82.2 cm³/mol. The lowest BCUT2D eigenvalue weighted by Crippen LogP contribution is -2.37. The molecule has 0 heterocycles. The highest BCUT2D eigenvalue weighted by molar-refractivity contribution is 5.76. The summed E-state index contributed by atoms with van der Waals surface area (Å²) in [5.41, 5.74) is 8.63. The molecule has 0 aromatic heterocycles. The SMILES string of the molecule is CCc1ccccc1CNC(=O)CC1CCCCC1N. The van der Waals surface area contributed by atoms with Crippen LogP contribution in [-0.4, -0.2) is 11.9 Å². The third-order valence-electron chi connectivity index (χ3n) is 4.39. The van der Waals surface area contributed by atoms with Gasteiger partial charge in [0.25, 0.3) is 0 Å². The van der Waals surface area contributed by atoms with Crippen LogP contribution in [0.4, 0.5) is 0 Å². The largest absolute Gasteiger partial charge is 0.352 e. The maximum atomic E-state index is 12.1. The smallest absolute Gasteiger partial charge is 0.220 e. The Balaban J connectivity index is 1.82. The van der Waals surface area contributed by atoms with E-state index in [2.05, 4.69) is 24.4 Å². The van der Waals surface area contributed by atoms with Crippen LogP contribution in [0.25, 0.3) is 0 Å². The monoisotopic (exact) mass is 274 g/mol. The molecule has 20 heavy (non-hydrogen) atoms. The first-order valence-electron chi connectivity index (χ1n) is 7.79. The van der Waals surface area contributed by atoms with Crippen molar-refractivity contribution < 1.29 is 4.79 Å². The van der Waals surface area contributed by atoms with Gasteiger partial charge in [0, 0.05) is 19.0 Å². The van der Waals surface area contributed by atoms with Crippen molar-refractivity contribution in [2.24, 2.45) is 11.7 Å². The van der Waals surface area contributed by atoms with Crippen molar-refractivity contribution in [1.82, 2.24) is 5.32 Å². The van der Waals surface area contributed by atoms with Crippen molar-refractivity contribution in [2.45, 2.75) is 58.0 Å². The van der Waals surface area contributed by atoms with Gasteiger partial charge in [-0.2, -0.15) is 0 Å². The van der Waals surface area contributed by atoms with E-state index in [4.69, 9.17) is 5.73 Å². The number of rotatable bonds is 5. The highest BCUT2D eigenvalue weighted by Crippen LogP contribution is 2.25. The van der Waals surface area contributed by atoms with E-state index < -0.39 is 0 Å². The molecule has 0 radical (unpaired) electrons. The number of hydrogen-bond donors (Lipinski definition) is 2. The number of hydrogen-bond acceptors (Lipinski definition) is 2. The van der Waals surface area contributed by atoms with Gasteiger partial charge in [0.1, 0.15) is 0 Å². The molecule has 1 fully saturated rings. The van der Waals surface area contributed by atoms with Crippen molar-refractivity contribution in [3.63, 3.8) is 0 Å². The van der Waals surface area contributed by atoms with Gasteiger partial charge >= 0.3 is 0 Å². The Bertz CT molecular complexity index is 444. The number of carbonyl (C=O) groups is 1. The highest BCUT2D eigenvalue weighted by Gasteiger charge is 2.23. The molecule has 110 valence electrons. The van der Waals surface area contributed by atoms with Crippen molar-refractivity contribution in [2.75, 3.05) is 0 Å². The molecular weight excluding hydrogens is 248 g/mol. The van der Waals surface area contributed by atoms with Gasteiger partial charge < -0.3 is 11.1 Å². The second-order valence-electron chi connectivity index (χ2n) is 5.81. The molecule has 1 aliphatic rings. The van der Waals surface area contributed by atoms with Gasteiger partial charge in [-0.3, -0.25) is 4.79 Å². The maximum absolute atomic E-state index is 12.1. The average Bonchev–Trinajstić information content (AvgIpc) is 2.48. The number of aryl methyl sites for hydroxylation is 1. The molecule has 3 nitrogen and oxygen atoms in total. The second-order valence-corrected chi connectivity index (χ2v) is 5.81. The summed E-state index contributed by atoms with van der Waals surface area (Å²) in [6.45, 7) is 2.77. The summed E-state index contributed by atoms with van der Waals surface area (Å²) in [5, 5.41) is 3.05. The average molecular weight is 274 g/mol. The molecule has 2 atom stereocenters. The summed E-state index contributed by atoms with van der Waals surface area (Å²) in [6.07, 6.45) is 6.17. The molecule has 1 saturated carbocycles. The van der Waals surface area contributed by atoms with Crippen LogP contribution in [-0.2, 0) is 17.8 Å². The van der Waals surface area contributed by atoms with Crippen molar-refractivity contribution in [1.29, 1.82) is 0 Å². The second kappa shape index (κ2) is 7.44. The number of nitrogens with one attached hydrogen (secondary N) is 1. The fourth-order valence-corrected chi connectivity index (χ4v) is 3.07. The summed E-state index contributed by atoms with van der Waals surface area (Å²) in [4.78, 5) is 12.1. The molecule has 1 aromatic rings. The summed E-state index contributed by atoms with van der Waals surface area (Å²) < 4.78 is 0. The molecule has 0 aliphatic heterocycles. The lowest BCUT2D eigenvalue weighted by molar-refractivity contribution is -0.122. The van der Waals surface area contributed by atoms with Gasteiger partial charge in [-0.05, 0) is 36.3 Å². The Hall–Kier alpha value is -1.35. The molecule has 1 aliphatic carbocycles. The minimum Gasteiger partial charge on any atom is -0.352 e. The molecule has 1 aromatic carbocycles. The normalized spacial score (nSPS) is 22.5. The fourth-order valence-electron chi connectivity index (χ4n) is 3.07. The minimum absolute atomic E-state index is 0.137. The van der Waals surface area contributed by atoms with E-state index in [-0.39, 0.29) is 11.9 Å². The topological polar surface area (TPSA) is 55.1 Å². The molecule has 0 spiro atoms. The minimum atomic E-state index is 0.137. The van der Waals surface area contributed by atoms with E-state index in [1.807, 2.05) is 12.1 Å². The molecule has 0 saturated heterocycles. The Kier molecular flexibility index (Phi) is 5.60. The Labute approximate surface area is 121 Å². The van der Waals surface area contributed by atoms with Gasteiger partial charge in [0.05, 0.1) is 0 Å².